The van der Waals surface area contributed by atoms with Gasteiger partial charge in [-0.05, 0) is 49.9 Å². The lowest BCUT2D eigenvalue weighted by Crippen LogP contribution is -2.11. The fourth-order valence-electron chi connectivity index (χ4n) is 1.91. The second-order valence-corrected chi connectivity index (χ2v) is 6.78. The Morgan fingerprint density at radius 2 is 1.72 bits per heavy atom. The van der Waals surface area contributed by atoms with Gasteiger partial charge in [-0.3, -0.25) is 0 Å². The smallest absolute Gasteiger partial charge is 0.0144 e. The van der Waals surface area contributed by atoms with E-state index in [1.54, 1.807) is 0 Å². The molecular formula is C18H31. The molecule has 0 N–H and O–H groups in total. The lowest BCUT2D eigenvalue weighted by Gasteiger charge is -2.23. The molecule has 0 heterocycles. The normalized spacial score (nSPS) is 12.9. The van der Waals surface area contributed by atoms with E-state index >= 15 is 0 Å². The summed E-state index contributed by atoms with van der Waals surface area (Å²) in [6.45, 7) is 19.0. The maximum atomic E-state index is 3.94. The number of allylic oxidation sites excluding steroid dienone is 4. The fraction of sp³-hybridized carbons (Fsp3) is 0.611. The molecule has 1 radical (unpaired) electrons. The molecule has 0 bridgehead atoms. The third-order valence-corrected chi connectivity index (χ3v) is 3.16. The van der Waals surface area contributed by atoms with Crippen molar-refractivity contribution in [3.05, 3.63) is 43.4 Å². The van der Waals surface area contributed by atoms with Crippen molar-refractivity contribution in [2.24, 2.45) is 10.8 Å². The summed E-state index contributed by atoms with van der Waals surface area (Å²) in [6.07, 6.45) is 13.4. The van der Waals surface area contributed by atoms with Gasteiger partial charge in [0.1, 0.15) is 0 Å². The molecule has 0 amide bonds. The second-order valence-electron chi connectivity index (χ2n) is 6.78. The summed E-state index contributed by atoms with van der Waals surface area (Å²) in [5.74, 6) is 0. The third kappa shape index (κ3) is 9.27. The predicted octanol–water partition coefficient (Wildman–Crippen LogP) is 6.12. The van der Waals surface area contributed by atoms with Crippen molar-refractivity contribution >= 4 is 0 Å². The van der Waals surface area contributed by atoms with Crippen LogP contribution < -0.4 is 0 Å². The van der Waals surface area contributed by atoms with Gasteiger partial charge < -0.3 is 0 Å². The standard InChI is InChI=1S/C18H31/c1-8-12-17(4,5)14-10-15-18(6,7)13-9-11-16(2)3/h8,10,13,15H,1-2,9,11-12,14H2,3-7H3. The summed E-state index contributed by atoms with van der Waals surface area (Å²) in [6, 6.07) is 0. The first-order valence-electron chi connectivity index (χ1n) is 6.96. The van der Waals surface area contributed by atoms with Crippen molar-refractivity contribution in [2.45, 2.75) is 60.3 Å². The Bertz CT molecular complexity index is 289. The van der Waals surface area contributed by atoms with Crippen molar-refractivity contribution in [3.63, 3.8) is 0 Å². The van der Waals surface area contributed by atoms with Gasteiger partial charge in [0.15, 0.2) is 0 Å². The molecule has 0 fully saturated rings. The highest BCUT2D eigenvalue weighted by Crippen LogP contribution is 2.29. The molecule has 103 valence electrons. The second kappa shape index (κ2) is 7.61. The Labute approximate surface area is 115 Å². The van der Waals surface area contributed by atoms with Crippen molar-refractivity contribution in [3.8, 4) is 0 Å². The zero-order valence-electron chi connectivity index (χ0n) is 13.1. The minimum atomic E-state index is 0.180. The van der Waals surface area contributed by atoms with Crippen molar-refractivity contribution in [1.82, 2.24) is 0 Å². The topological polar surface area (TPSA) is 0 Å². The van der Waals surface area contributed by atoms with Gasteiger partial charge in [0.2, 0.25) is 0 Å². The summed E-state index contributed by atoms with van der Waals surface area (Å²) in [4.78, 5) is 0. The minimum Gasteiger partial charge on any atom is -0.103 e. The van der Waals surface area contributed by atoms with Gasteiger partial charge in [0.05, 0.1) is 0 Å². The molecule has 0 aromatic heterocycles. The Morgan fingerprint density at radius 3 is 2.22 bits per heavy atom. The molecule has 0 aliphatic carbocycles. The summed E-state index contributed by atoms with van der Waals surface area (Å²) in [5, 5.41) is 0. The van der Waals surface area contributed by atoms with Crippen molar-refractivity contribution in [2.75, 3.05) is 0 Å². The molecule has 0 rings (SSSR count). The van der Waals surface area contributed by atoms with Gasteiger partial charge in [-0.25, -0.2) is 0 Å². The van der Waals surface area contributed by atoms with Crippen LogP contribution in [0.2, 0.25) is 0 Å². The van der Waals surface area contributed by atoms with Crippen molar-refractivity contribution in [1.29, 1.82) is 0 Å². The van der Waals surface area contributed by atoms with Crippen LogP contribution in [0, 0.1) is 17.3 Å². The van der Waals surface area contributed by atoms with Crippen LogP contribution in [0.4, 0.5) is 0 Å². The van der Waals surface area contributed by atoms with Gasteiger partial charge in [-0.15, -0.1) is 13.2 Å². The van der Waals surface area contributed by atoms with Crippen LogP contribution in [0.1, 0.15) is 60.3 Å². The molecule has 0 nitrogen and oxygen atoms in total. The highest BCUT2D eigenvalue weighted by molar-refractivity contribution is 5.05. The van der Waals surface area contributed by atoms with Crippen LogP contribution in [0.3, 0.4) is 0 Å². The SMILES string of the molecule is C=CCC(C)(C)CC=CC(C)(C)[CH]CCC(=C)C. The van der Waals surface area contributed by atoms with E-state index in [1.165, 1.54) is 5.57 Å². The predicted molar refractivity (Wildman–Crippen MR) is 84.5 cm³/mol. The Hall–Kier alpha value is -0.780. The highest BCUT2D eigenvalue weighted by Gasteiger charge is 2.16. The molecule has 0 heteroatoms. The Kier molecular flexibility index (Phi) is 7.28. The first-order valence-corrected chi connectivity index (χ1v) is 6.96. The average molecular weight is 247 g/mol. The summed E-state index contributed by atoms with van der Waals surface area (Å²) in [5.41, 5.74) is 1.77. The maximum Gasteiger partial charge on any atom is -0.0144 e. The van der Waals surface area contributed by atoms with Crippen LogP contribution in [0.5, 0.6) is 0 Å². The summed E-state index contributed by atoms with van der Waals surface area (Å²) < 4.78 is 0. The zero-order chi connectivity index (χ0) is 14.2. The Balaban J connectivity index is 4.14. The zero-order valence-corrected chi connectivity index (χ0v) is 13.1. The molecule has 0 aromatic carbocycles. The van der Waals surface area contributed by atoms with Crippen LogP contribution in [0.15, 0.2) is 37.0 Å². The quantitative estimate of drug-likeness (QED) is 0.430. The van der Waals surface area contributed by atoms with Crippen LogP contribution in [0.25, 0.3) is 0 Å². The monoisotopic (exact) mass is 247 g/mol. The molecule has 0 aliphatic rings. The first kappa shape index (κ1) is 17.2. The fourth-order valence-corrected chi connectivity index (χ4v) is 1.91. The molecule has 0 aliphatic heterocycles. The van der Waals surface area contributed by atoms with E-state index in [9.17, 15) is 0 Å². The molecule has 18 heavy (non-hydrogen) atoms. The number of hydrogen-bond donors (Lipinski definition) is 0. The molecular weight excluding hydrogens is 216 g/mol. The van der Waals surface area contributed by atoms with Crippen LogP contribution >= 0.6 is 0 Å². The average Bonchev–Trinajstić information content (AvgIpc) is 2.15. The van der Waals surface area contributed by atoms with Crippen molar-refractivity contribution < 1.29 is 0 Å². The third-order valence-electron chi connectivity index (χ3n) is 3.16. The molecule has 0 saturated heterocycles. The molecule has 0 aromatic rings. The molecule has 0 saturated carbocycles. The molecule has 0 spiro atoms. The van der Waals surface area contributed by atoms with E-state index in [-0.39, 0.29) is 5.41 Å². The lowest BCUT2D eigenvalue weighted by molar-refractivity contribution is 0.375. The first-order chi connectivity index (χ1) is 8.18. The van der Waals surface area contributed by atoms with Gasteiger partial charge in [-0.1, -0.05) is 51.5 Å². The van der Waals surface area contributed by atoms with E-state index in [4.69, 9.17) is 0 Å². The molecule has 0 unspecified atom stereocenters. The minimum absolute atomic E-state index is 0.180. The lowest BCUT2D eigenvalue weighted by atomic mass is 9.82. The van der Waals surface area contributed by atoms with E-state index in [0.717, 1.165) is 25.7 Å². The van der Waals surface area contributed by atoms with Gasteiger partial charge in [-0.2, -0.15) is 0 Å². The van der Waals surface area contributed by atoms with Gasteiger partial charge in [0.25, 0.3) is 0 Å². The number of hydrogen-bond acceptors (Lipinski definition) is 0. The van der Waals surface area contributed by atoms with E-state index in [2.05, 4.69) is 66.3 Å². The largest absolute Gasteiger partial charge is 0.103 e. The van der Waals surface area contributed by atoms with E-state index < -0.39 is 0 Å². The van der Waals surface area contributed by atoms with Crippen LogP contribution in [-0.2, 0) is 0 Å². The number of rotatable bonds is 9. The summed E-state index contributed by atoms with van der Waals surface area (Å²) >= 11 is 0. The Morgan fingerprint density at radius 1 is 1.11 bits per heavy atom. The van der Waals surface area contributed by atoms with Gasteiger partial charge in [0, 0.05) is 0 Å². The highest BCUT2D eigenvalue weighted by atomic mass is 14.2. The van der Waals surface area contributed by atoms with Gasteiger partial charge >= 0.3 is 0 Å². The molecule has 0 atom stereocenters. The van der Waals surface area contributed by atoms with E-state index in [1.807, 2.05) is 6.08 Å². The summed E-state index contributed by atoms with van der Waals surface area (Å²) in [7, 11) is 0. The van der Waals surface area contributed by atoms with Crippen LogP contribution in [-0.4, -0.2) is 0 Å². The maximum absolute atomic E-state index is 3.94. The van der Waals surface area contributed by atoms with E-state index in [0.29, 0.717) is 5.41 Å².